The Morgan fingerprint density at radius 3 is 2.67 bits per heavy atom. The molecule has 1 saturated heterocycles. The topological polar surface area (TPSA) is 106 Å². The van der Waals surface area contributed by atoms with Gasteiger partial charge in [0.2, 0.25) is 5.91 Å². The van der Waals surface area contributed by atoms with Crippen LogP contribution >= 0.6 is 0 Å². The number of hydrogen-bond acceptors (Lipinski definition) is 5. The van der Waals surface area contributed by atoms with E-state index in [1.165, 1.54) is 12.8 Å². The Labute approximate surface area is 223 Å². The highest BCUT2D eigenvalue weighted by Gasteiger charge is 2.45. The number of aromatic nitrogens is 5. The number of nitrogens with zero attached hydrogens (tertiary/aromatic N) is 5. The fourth-order valence-corrected chi connectivity index (χ4v) is 6.13. The quantitative estimate of drug-likeness (QED) is 0.451. The standard InChI is InChI=1S/C27H32F3N7O2/c1-2-36-22(7-8-33-36)26(39)32-14-21-24(17-9-16(10-17)15-3-4-15)37-23(34-21)6-5-20(35-37)12-18-11-19(27(28,29)30)13-31-25(18)38/h5-8,15-19H,2-4,9-14H2,1H3,(H,31,38)(H,32,39)/t16?,17?,18-,19-/m1/s1. The Morgan fingerprint density at radius 2 is 1.95 bits per heavy atom. The van der Waals surface area contributed by atoms with E-state index in [1.54, 1.807) is 33.6 Å². The minimum Gasteiger partial charge on any atom is -0.355 e. The molecule has 3 aromatic heterocycles. The summed E-state index contributed by atoms with van der Waals surface area (Å²) in [4.78, 5) is 30.0. The Bertz CT molecular complexity index is 1390. The smallest absolute Gasteiger partial charge is 0.355 e. The van der Waals surface area contributed by atoms with Crippen LogP contribution in [0.1, 0.15) is 72.5 Å². The SMILES string of the molecule is CCn1nccc1C(=O)NCc1nc2ccc(C[C@H]3C[C@@H](C(F)(F)F)CNC3=O)nn2c1C1CC(C2CC2)C1. The summed E-state index contributed by atoms with van der Waals surface area (Å²) in [6, 6.07) is 5.20. The second-order valence-electron chi connectivity index (χ2n) is 11.1. The third-order valence-corrected chi connectivity index (χ3v) is 8.54. The Balaban J connectivity index is 1.25. The molecule has 2 amide bonds. The number of fused-ring (bicyclic) bond motifs is 1. The first-order valence-corrected chi connectivity index (χ1v) is 13.7. The normalized spacial score (nSPS) is 25.4. The zero-order valence-corrected chi connectivity index (χ0v) is 21.7. The van der Waals surface area contributed by atoms with E-state index in [0.717, 1.165) is 30.1 Å². The number of amides is 2. The number of halogens is 3. The van der Waals surface area contributed by atoms with Crippen LogP contribution in [-0.2, 0) is 24.3 Å². The van der Waals surface area contributed by atoms with E-state index in [0.29, 0.717) is 29.5 Å². The fourth-order valence-electron chi connectivity index (χ4n) is 6.13. The summed E-state index contributed by atoms with van der Waals surface area (Å²) in [6.07, 6.45) is 1.75. The van der Waals surface area contributed by atoms with Crippen LogP contribution in [0.25, 0.3) is 5.65 Å². The van der Waals surface area contributed by atoms with Crippen molar-refractivity contribution in [1.29, 1.82) is 0 Å². The lowest BCUT2D eigenvalue weighted by atomic mass is 9.70. The molecule has 2 aliphatic carbocycles. The van der Waals surface area contributed by atoms with Gasteiger partial charge >= 0.3 is 6.18 Å². The van der Waals surface area contributed by atoms with Gasteiger partial charge in [-0.2, -0.15) is 23.4 Å². The minimum atomic E-state index is -4.35. The molecule has 0 bridgehead atoms. The first-order valence-electron chi connectivity index (χ1n) is 13.7. The average Bonchev–Trinajstić information content (AvgIpc) is 3.47. The Hall–Kier alpha value is -3.44. The van der Waals surface area contributed by atoms with Crippen LogP contribution in [0.5, 0.6) is 0 Å². The number of hydrogen-bond donors (Lipinski definition) is 2. The van der Waals surface area contributed by atoms with Gasteiger partial charge < -0.3 is 10.6 Å². The Kier molecular flexibility index (Phi) is 6.58. The van der Waals surface area contributed by atoms with Crippen molar-refractivity contribution >= 4 is 17.5 Å². The van der Waals surface area contributed by atoms with Gasteiger partial charge in [-0.1, -0.05) is 0 Å². The van der Waals surface area contributed by atoms with Gasteiger partial charge in [0.1, 0.15) is 5.69 Å². The number of piperidine rings is 1. The maximum atomic E-state index is 13.3. The molecule has 0 spiro atoms. The molecular weight excluding hydrogens is 511 g/mol. The molecule has 2 saturated carbocycles. The predicted octanol–water partition coefficient (Wildman–Crippen LogP) is 3.64. The number of imidazole rings is 1. The van der Waals surface area contributed by atoms with Crippen molar-refractivity contribution in [2.24, 2.45) is 23.7 Å². The van der Waals surface area contributed by atoms with Crippen molar-refractivity contribution < 1.29 is 22.8 Å². The van der Waals surface area contributed by atoms with Crippen LogP contribution in [0.3, 0.4) is 0 Å². The third-order valence-electron chi connectivity index (χ3n) is 8.54. The molecule has 4 heterocycles. The molecule has 2 atom stereocenters. The largest absolute Gasteiger partial charge is 0.393 e. The molecular formula is C27H32F3N7O2. The summed E-state index contributed by atoms with van der Waals surface area (Å²) in [7, 11) is 0. The zero-order valence-electron chi connectivity index (χ0n) is 21.7. The number of nitrogens with one attached hydrogen (secondary N) is 2. The molecule has 39 heavy (non-hydrogen) atoms. The van der Waals surface area contributed by atoms with Gasteiger partial charge in [0.15, 0.2) is 5.65 Å². The second-order valence-corrected chi connectivity index (χ2v) is 11.1. The highest BCUT2D eigenvalue weighted by Crippen LogP contribution is 2.53. The van der Waals surface area contributed by atoms with Gasteiger partial charge in [-0.25, -0.2) is 9.50 Å². The summed E-state index contributed by atoms with van der Waals surface area (Å²) in [5.74, 6) is -1.23. The van der Waals surface area contributed by atoms with Crippen LogP contribution < -0.4 is 10.6 Å². The Morgan fingerprint density at radius 1 is 1.15 bits per heavy atom. The van der Waals surface area contributed by atoms with Crippen LogP contribution in [0.15, 0.2) is 24.4 Å². The maximum absolute atomic E-state index is 13.3. The lowest BCUT2D eigenvalue weighted by molar-refractivity contribution is -0.183. The molecule has 0 radical (unpaired) electrons. The van der Waals surface area contributed by atoms with E-state index >= 15 is 0 Å². The number of aryl methyl sites for hydroxylation is 1. The highest BCUT2D eigenvalue weighted by molar-refractivity contribution is 5.92. The predicted molar refractivity (Wildman–Crippen MR) is 135 cm³/mol. The summed E-state index contributed by atoms with van der Waals surface area (Å²) in [6.45, 7) is 2.34. The van der Waals surface area contributed by atoms with Crippen LogP contribution in [0, 0.1) is 23.7 Å². The van der Waals surface area contributed by atoms with Crippen molar-refractivity contribution in [3.8, 4) is 0 Å². The van der Waals surface area contributed by atoms with E-state index in [1.807, 2.05) is 6.92 Å². The molecule has 0 aromatic carbocycles. The van der Waals surface area contributed by atoms with Gasteiger partial charge in [0.25, 0.3) is 5.91 Å². The van der Waals surface area contributed by atoms with E-state index in [-0.39, 0.29) is 43.7 Å². The van der Waals surface area contributed by atoms with Crippen molar-refractivity contribution in [1.82, 2.24) is 35.0 Å². The summed E-state index contributed by atoms with van der Waals surface area (Å²) in [5, 5.41) is 14.3. The average molecular weight is 544 g/mol. The summed E-state index contributed by atoms with van der Waals surface area (Å²) < 4.78 is 43.4. The number of carbonyl (C=O) groups excluding carboxylic acids is 2. The van der Waals surface area contributed by atoms with Gasteiger partial charge in [-0.15, -0.1) is 0 Å². The van der Waals surface area contributed by atoms with Gasteiger partial charge in [-0.3, -0.25) is 14.3 Å². The first kappa shape index (κ1) is 25.8. The van der Waals surface area contributed by atoms with Gasteiger partial charge in [0, 0.05) is 37.5 Å². The second kappa shape index (κ2) is 9.95. The molecule has 3 fully saturated rings. The maximum Gasteiger partial charge on any atom is 0.393 e. The van der Waals surface area contributed by atoms with E-state index in [2.05, 4.69) is 15.7 Å². The highest BCUT2D eigenvalue weighted by atomic mass is 19.4. The van der Waals surface area contributed by atoms with E-state index < -0.39 is 18.0 Å². The molecule has 2 N–H and O–H groups in total. The van der Waals surface area contributed by atoms with Crippen LogP contribution in [-0.4, -0.2) is 48.9 Å². The number of carbonyl (C=O) groups is 2. The molecule has 6 rings (SSSR count). The first-order chi connectivity index (χ1) is 18.7. The molecule has 12 heteroatoms. The lowest BCUT2D eigenvalue weighted by Crippen LogP contribution is -2.47. The molecule has 208 valence electrons. The number of alkyl halides is 3. The minimum absolute atomic E-state index is 0.119. The fraction of sp³-hybridized carbons (Fsp3) is 0.593. The van der Waals surface area contributed by atoms with Gasteiger partial charge in [-0.05, 0) is 69.1 Å². The van der Waals surface area contributed by atoms with Crippen molar-refractivity contribution in [2.75, 3.05) is 6.54 Å². The lowest BCUT2D eigenvalue weighted by Gasteiger charge is -2.35. The van der Waals surface area contributed by atoms with E-state index in [9.17, 15) is 22.8 Å². The zero-order chi connectivity index (χ0) is 27.3. The molecule has 0 unspecified atom stereocenters. The summed E-state index contributed by atoms with van der Waals surface area (Å²) >= 11 is 0. The third kappa shape index (κ3) is 5.12. The number of rotatable bonds is 8. The van der Waals surface area contributed by atoms with Gasteiger partial charge in [0.05, 0.1) is 29.5 Å². The van der Waals surface area contributed by atoms with Crippen molar-refractivity contribution in [3.05, 3.63) is 47.2 Å². The van der Waals surface area contributed by atoms with Crippen LogP contribution in [0.4, 0.5) is 13.2 Å². The molecule has 9 nitrogen and oxygen atoms in total. The van der Waals surface area contributed by atoms with E-state index in [4.69, 9.17) is 10.1 Å². The monoisotopic (exact) mass is 543 g/mol. The molecule has 1 aliphatic heterocycles. The molecule has 3 aliphatic rings. The van der Waals surface area contributed by atoms with Crippen LogP contribution in [0.2, 0.25) is 0 Å². The summed E-state index contributed by atoms with van der Waals surface area (Å²) in [5.41, 5.74) is 3.32. The van der Waals surface area contributed by atoms with Crippen molar-refractivity contribution in [2.45, 2.75) is 70.6 Å². The molecule has 3 aromatic rings. The van der Waals surface area contributed by atoms with Crippen molar-refractivity contribution in [3.63, 3.8) is 0 Å².